The average Bonchev–Trinajstić information content (AvgIpc) is 2.38. The lowest BCUT2D eigenvalue weighted by molar-refractivity contribution is 0.0712. The molecule has 1 aromatic carbocycles. The number of hydrogen-bond donors (Lipinski definition) is 1. The summed E-state index contributed by atoms with van der Waals surface area (Å²) in [6, 6.07) is 2.61. The lowest BCUT2D eigenvalue weighted by Crippen LogP contribution is -2.24. The molecule has 0 bridgehead atoms. The Hall–Kier alpha value is -0.390. The highest BCUT2D eigenvalue weighted by atomic mass is 35.5. The number of benzene rings is 1. The molecule has 0 saturated carbocycles. The summed E-state index contributed by atoms with van der Waals surface area (Å²) in [4.78, 5) is 0. The molecule has 19 heavy (non-hydrogen) atoms. The van der Waals surface area contributed by atoms with E-state index in [1.165, 1.54) is 12.1 Å². The van der Waals surface area contributed by atoms with Crippen molar-refractivity contribution in [3.63, 3.8) is 0 Å². The van der Waals surface area contributed by atoms with Crippen LogP contribution in [0.25, 0.3) is 0 Å². The molecule has 0 aromatic heterocycles. The Labute approximate surface area is 123 Å². The van der Waals surface area contributed by atoms with Gasteiger partial charge in [0.2, 0.25) is 0 Å². The van der Waals surface area contributed by atoms with Gasteiger partial charge in [-0.15, -0.1) is 0 Å². The van der Waals surface area contributed by atoms with E-state index in [-0.39, 0.29) is 11.1 Å². The third kappa shape index (κ3) is 5.24. The standard InChI is InChI=1S/C13H18Cl2FNO2/c1-9(17-5-6-19-8-7-18-2)12-10(14)3-4-11(16)13(12)15/h3-4,9,17H,5-8H2,1-2H3. The molecule has 0 aliphatic rings. The molecule has 1 rings (SSSR count). The van der Waals surface area contributed by atoms with Crippen LogP contribution in [0.3, 0.4) is 0 Å². The van der Waals surface area contributed by atoms with Crippen LogP contribution in [0.1, 0.15) is 18.5 Å². The number of nitrogens with one attached hydrogen (secondary N) is 1. The Morgan fingerprint density at radius 3 is 2.68 bits per heavy atom. The Kier molecular flexibility index (Phi) is 7.64. The molecule has 1 N–H and O–H groups in total. The first-order chi connectivity index (χ1) is 9.07. The van der Waals surface area contributed by atoms with Crippen molar-refractivity contribution in [2.75, 3.05) is 33.5 Å². The number of rotatable bonds is 8. The van der Waals surface area contributed by atoms with Gasteiger partial charge in [0, 0.05) is 30.3 Å². The van der Waals surface area contributed by atoms with Gasteiger partial charge in [-0.3, -0.25) is 0 Å². The van der Waals surface area contributed by atoms with Crippen molar-refractivity contribution >= 4 is 23.2 Å². The van der Waals surface area contributed by atoms with Gasteiger partial charge >= 0.3 is 0 Å². The topological polar surface area (TPSA) is 30.5 Å². The lowest BCUT2D eigenvalue weighted by atomic mass is 10.1. The molecule has 108 valence electrons. The van der Waals surface area contributed by atoms with E-state index in [1.54, 1.807) is 7.11 Å². The molecule has 0 heterocycles. The van der Waals surface area contributed by atoms with E-state index in [1.807, 2.05) is 6.92 Å². The summed E-state index contributed by atoms with van der Waals surface area (Å²) in [5.41, 5.74) is 0.570. The molecule has 1 unspecified atom stereocenters. The maximum absolute atomic E-state index is 13.4. The lowest BCUT2D eigenvalue weighted by Gasteiger charge is -2.17. The van der Waals surface area contributed by atoms with Crippen molar-refractivity contribution in [3.05, 3.63) is 33.6 Å². The third-order valence-electron chi connectivity index (χ3n) is 2.64. The summed E-state index contributed by atoms with van der Waals surface area (Å²) < 4.78 is 23.6. The molecule has 0 radical (unpaired) electrons. The van der Waals surface area contributed by atoms with Gasteiger partial charge < -0.3 is 14.8 Å². The number of hydrogen-bond acceptors (Lipinski definition) is 3. The minimum atomic E-state index is -0.467. The van der Waals surface area contributed by atoms with Crippen LogP contribution in [-0.2, 0) is 9.47 Å². The van der Waals surface area contributed by atoms with E-state index in [0.29, 0.717) is 37.0 Å². The minimum Gasteiger partial charge on any atom is -0.382 e. The summed E-state index contributed by atoms with van der Waals surface area (Å²) >= 11 is 12.0. The quantitative estimate of drug-likeness (QED) is 0.589. The Morgan fingerprint density at radius 1 is 1.26 bits per heavy atom. The maximum Gasteiger partial charge on any atom is 0.142 e. The second-order valence-corrected chi connectivity index (χ2v) is 4.82. The van der Waals surface area contributed by atoms with Gasteiger partial charge in [0.25, 0.3) is 0 Å². The molecular weight excluding hydrogens is 292 g/mol. The number of halogens is 3. The fraction of sp³-hybridized carbons (Fsp3) is 0.538. The smallest absolute Gasteiger partial charge is 0.142 e. The molecule has 1 atom stereocenters. The zero-order chi connectivity index (χ0) is 14.3. The van der Waals surface area contributed by atoms with Crippen LogP contribution in [0.5, 0.6) is 0 Å². The van der Waals surface area contributed by atoms with Crippen LogP contribution in [0, 0.1) is 5.82 Å². The van der Waals surface area contributed by atoms with E-state index in [9.17, 15) is 4.39 Å². The Balaban J connectivity index is 2.45. The molecule has 0 spiro atoms. The largest absolute Gasteiger partial charge is 0.382 e. The van der Waals surface area contributed by atoms with Crippen molar-refractivity contribution in [1.82, 2.24) is 5.32 Å². The molecule has 0 amide bonds. The second kappa shape index (κ2) is 8.72. The molecule has 0 aliphatic carbocycles. The Morgan fingerprint density at radius 2 is 2.00 bits per heavy atom. The predicted molar refractivity (Wildman–Crippen MR) is 75.5 cm³/mol. The third-order valence-corrected chi connectivity index (χ3v) is 3.35. The maximum atomic E-state index is 13.4. The van der Waals surface area contributed by atoms with Crippen molar-refractivity contribution in [2.45, 2.75) is 13.0 Å². The summed E-state index contributed by atoms with van der Waals surface area (Å²) in [7, 11) is 1.62. The zero-order valence-electron chi connectivity index (χ0n) is 11.0. The van der Waals surface area contributed by atoms with E-state index in [4.69, 9.17) is 32.7 Å². The molecule has 1 aromatic rings. The van der Waals surface area contributed by atoms with Crippen LogP contribution in [0.15, 0.2) is 12.1 Å². The van der Waals surface area contributed by atoms with Gasteiger partial charge in [0.15, 0.2) is 0 Å². The predicted octanol–water partition coefficient (Wildman–Crippen LogP) is 3.45. The van der Waals surface area contributed by atoms with E-state index in [2.05, 4.69) is 5.32 Å². The molecule has 3 nitrogen and oxygen atoms in total. The first-order valence-electron chi connectivity index (χ1n) is 6.01. The molecule has 0 aliphatic heterocycles. The van der Waals surface area contributed by atoms with E-state index < -0.39 is 5.82 Å². The first-order valence-corrected chi connectivity index (χ1v) is 6.77. The summed E-state index contributed by atoms with van der Waals surface area (Å²) in [6.45, 7) is 4.15. The highest BCUT2D eigenvalue weighted by molar-refractivity contribution is 6.36. The van der Waals surface area contributed by atoms with Crippen molar-refractivity contribution < 1.29 is 13.9 Å². The fourth-order valence-electron chi connectivity index (χ4n) is 1.63. The number of methoxy groups -OCH3 is 1. The van der Waals surface area contributed by atoms with Crippen LogP contribution in [0.4, 0.5) is 4.39 Å². The van der Waals surface area contributed by atoms with Crippen molar-refractivity contribution in [3.8, 4) is 0 Å². The van der Waals surface area contributed by atoms with Gasteiger partial charge in [0.05, 0.1) is 24.8 Å². The van der Waals surface area contributed by atoms with Gasteiger partial charge in [-0.2, -0.15) is 0 Å². The second-order valence-electron chi connectivity index (χ2n) is 4.04. The highest BCUT2D eigenvalue weighted by Gasteiger charge is 2.16. The van der Waals surface area contributed by atoms with E-state index >= 15 is 0 Å². The molecule has 0 fully saturated rings. The first kappa shape index (κ1) is 16.7. The minimum absolute atomic E-state index is 0.0628. The molecular formula is C13H18Cl2FNO2. The van der Waals surface area contributed by atoms with Crippen LogP contribution in [-0.4, -0.2) is 33.5 Å². The monoisotopic (exact) mass is 309 g/mol. The summed E-state index contributed by atoms with van der Waals surface area (Å²) in [6.07, 6.45) is 0. The van der Waals surface area contributed by atoms with Crippen LogP contribution in [0.2, 0.25) is 10.0 Å². The fourth-order valence-corrected chi connectivity index (χ4v) is 2.33. The van der Waals surface area contributed by atoms with Crippen LogP contribution < -0.4 is 5.32 Å². The SMILES string of the molecule is COCCOCCNC(C)c1c(Cl)ccc(F)c1Cl. The van der Waals surface area contributed by atoms with Gasteiger partial charge in [-0.1, -0.05) is 23.2 Å². The zero-order valence-corrected chi connectivity index (χ0v) is 12.5. The van der Waals surface area contributed by atoms with Gasteiger partial charge in [0.1, 0.15) is 5.82 Å². The van der Waals surface area contributed by atoms with Gasteiger partial charge in [-0.25, -0.2) is 4.39 Å². The summed E-state index contributed by atoms with van der Waals surface area (Å²) in [5, 5.41) is 3.70. The van der Waals surface area contributed by atoms with Crippen molar-refractivity contribution in [1.29, 1.82) is 0 Å². The van der Waals surface area contributed by atoms with E-state index in [0.717, 1.165) is 0 Å². The van der Waals surface area contributed by atoms with Crippen molar-refractivity contribution in [2.24, 2.45) is 0 Å². The normalized spacial score (nSPS) is 12.7. The van der Waals surface area contributed by atoms with Crippen LogP contribution >= 0.6 is 23.2 Å². The molecule has 0 saturated heterocycles. The number of ether oxygens (including phenoxy) is 2. The summed E-state index contributed by atoms with van der Waals surface area (Å²) in [5.74, 6) is -0.467. The highest BCUT2D eigenvalue weighted by Crippen LogP contribution is 2.32. The molecule has 6 heteroatoms. The average molecular weight is 310 g/mol. The van der Waals surface area contributed by atoms with Gasteiger partial charge in [-0.05, 0) is 19.1 Å². The Bertz CT molecular complexity index is 404.